The Hall–Kier alpha value is -2.04. The fourth-order valence-corrected chi connectivity index (χ4v) is 2.17. The van der Waals surface area contributed by atoms with Gasteiger partial charge in [-0.3, -0.25) is 4.79 Å². The van der Waals surface area contributed by atoms with E-state index in [4.69, 9.17) is 0 Å². The largest absolute Gasteiger partial charge is 0.357 e. The molecule has 0 aliphatic carbocycles. The number of benzene rings is 1. The van der Waals surface area contributed by atoms with Crippen molar-refractivity contribution in [1.29, 1.82) is 0 Å². The molecule has 0 fully saturated rings. The molecule has 1 rings (SSSR count). The molecule has 5 heteroatoms. The molecule has 0 bridgehead atoms. The summed E-state index contributed by atoms with van der Waals surface area (Å²) in [5, 5.41) is 9.40. The van der Waals surface area contributed by atoms with Crippen LogP contribution in [0.4, 0.5) is 0 Å². The van der Waals surface area contributed by atoms with Gasteiger partial charge in [-0.25, -0.2) is 4.99 Å². The van der Waals surface area contributed by atoms with Gasteiger partial charge in [0.2, 0.25) is 0 Å². The summed E-state index contributed by atoms with van der Waals surface area (Å²) in [4.78, 5) is 16.5. The summed E-state index contributed by atoms with van der Waals surface area (Å²) in [7, 11) is 0. The molecule has 128 valence electrons. The average Bonchev–Trinajstić information content (AvgIpc) is 2.57. The van der Waals surface area contributed by atoms with Crippen molar-refractivity contribution in [2.24, 2.45) is 4.99 Å². The van der Waals surface area contributed by atoms with E-state index in [9.17, 15) is 4.79 Å². The zero-order valence-corrected chi connectivity index (χ0v) is 14.6. The molecule has 0 spiro atoms. The van der Waals surface area contributed by atoms with Crippen LogP contribution in [0.2, 0.25) is 0 Å². The summed E-state index contributed by atoms with van der Waals surface area (Å²) in [6.07, 6.45) is 3.58. The first-order valence-corrected chi connectivity index (χ1v) is 8.60. The van der Waals surface area contributed by atoms with E-state index < -0.39 is 0 Å². The highest BCUT2D eigenvalue weighted by Crippen LogP contribution is 2.06. The topological polar surface area (TPSA) is 65.5 Å². The lowest BCUT2D eigenvalue weighted by Crippen LogP contribution is -2.37. The molecular formula is C18H30N4O. The van der Waals surface area contributed by atoms with Crippen LogP contribution < -0.4 is 16.0 Å². The predicted molar refractivity (Wildman–Crippen MR) is 96.8 cm³/mol. The Labute approximate surface area is 140 Å². The van der Waals surface area contributed by atoms with E-state index in [1.807, 2.05) is 31.2 Å². The number of guanidine groups is 1. The highest BCUT2D eigenvalue weighted by atomic mass is 16.1. The van der Waals surface area contributed by atoms with Crippen molar-refractivity contribution < 1.29 is 4.79 Å². The summed E-state index contributed by atoms with van der Waals surface area (Å²) in [6.45, 7) is 9.11. The molecule has 23 heavy (non-hydrogen) atoms. The maximum absolute atomic E-state index is 11.9. The number of hydrogen-bond donors (Lipinski definition) is 3. The third kappa shape index (κ3) is 7.68. The molecule has 0 heterocycles. The van der Waals surface area contributed by atoms with Crippen LogP contribution >= 0.6 is 0 Å². The first-order chi connectivity index (χ1) is 11.2. The van der Waals surface area contributed by atoms with Crippen molar-refractivity contribution >= 4 is 11.9 Å². The Kier molecular flexibility index (Phi) is 9.52. The zero-order valence-electron chi connectivity index (χ0n) is 14.6. The van der Waals surface area contributed by atoms with Crippen LogP contribution in [-0.2, 0) is 6.54 Å². The molecule has 0 aromatic heterocycles. The van der Waals surface area contributed by atoms with Crippen LogP contribution in [0.15, 0.2) is 29.3 Å². The van der Waals surface area contributed by atoms with Gasteiger partial charge in [-0.2, -0.15) is 0 Å². The third-order valence-electron chi connectivity index (χ3n) is 3.36. The van der Waals surface area contributed by atoms with Crippen molar-refractivity contribution in [3.63, 3.8) is 0 Å². The second-order valence-corrected chi connectivity index (χ2v) is 5.39. The normalized spacial score (nSPS) is 11.2. The van der Waals surface area contributed by atoms with E-state index in [1.165, 1.54) is 12.8 Å². The van der Waals surface area contributed by atoms with Gasteiger partial charge in [0.05, 0.1) is 6.54 Å². The molecule has 0 radical (unpaired) electrons. The fourth-order valence-electron chi connectivity index (χ4n) is 2.17. The smallest absolute Gasteiger partial charge is 0.251 e. The first-order valence-electron chi connectivity index (χ1n) is 8.60. The summed E-state index contributed by atoms with van der Waals surface area (Å²) >= 11 is 0. The van der Waals surface area contributed by atoms with E-state index >= 15 is 0 Å². The molecule has 0 aliphatic rings. The highest BCUT2D eigenvalue weighted by molar-refractivity contribution is 5.94. The van der Waals surface area contributed by atoms with Crippen molar-refractivity contribution in [2.75, 3.05) is 19.6 Å². The molecule has 1 aromatic carbocycles. The average molecular weight is 318 g/mol. The van der Waals surface area contributed by atoms with Crippen LogP contribution in [0, 0.1) is 0 Å². The van der Waals surface area contributed by atoms with Crippen LogP contribution in [-0.4, -0.2) is 31.5 Å². The Morgan fingerprint density at radius 3 is 2.52 bits per heavy atom. The van der Waals surface area contributed by atoms with Gasteiger partial charge in [0.25, 0.3) is 5.91 Å². The molecule has 0 saturated carbocycles. The van der Waals surface area contributed by atoms with Crippen molar-refractivity contribution in [3.05, 3.63) is 35.4 Å². The number of carbonyl (C=O) groups is 1. The molecule has 0 aliphatic heterocycles. The van der Waals surface area contributed by atoms with Crippen LogP contribution in [0.1, 0.15) is 56.0 Å². The lowest BCUT2D eigenvalue weighted by Gasteiger charge is -2.11. The minimum absolute atomic E-state index is 0.0390. The number of carbonyl (C=O) groups excluding carboxylic acids is 1. The van der Waals surface area contributed by atoms with E-state index in [-0.39, 0.29) is 5.91 Å². The summed E-state index contributed by atoms with van der Waals surface area (Å²) in [5.74, 6) is 0.787. The van der Waals surface area contributed by atoms with E-state index in [1.54, 1.807) is 0 Å². The number of rotatable bonds is 9. The quantitative estimate of drug-likeness (QED) is 0.372. The number of unbranched alkanes of at least 4 members (excludes halogenated alkanes) is 2. The van der Waals surface area contributed by atoms with Gasteiger partial charge in [-0.1, -0.05) is 31.9 Å². The maximum Gasteiger partial charge on any atom is 0.251 e. The van der Waals surface area contributed by atoms with E-state index in [0.29, 0.717) is 18.7 Å². The molecule has 0 unspecified atom stereocenters. The van der Waals surface area contributed by atoms with Gasteiger partial charge in [0.1, 0.15) is 0 Å². The molecule has 0 atom stereocenters. The first kappa shape index (κ1) is 19.0. The maximum atomic E-state index is 11.9. The molecule has 1 amide bonds. The number of nitrogens with zero attached hydrogens (tertiary/aromatic N) is 1. The lowest BCUT2D eigenvalue weighted by atomic mass is 10.1. The van der Waals surface area contributed by atoms with Crippen molar-refractivity contribution in [1.82, 2.24) is 16.0 Å². The minimum Gasteiger partial charge on any atom is -0.357 e. The fraction of sp³-hybridized carbons (Fsp3) is 0.556. The Balaban J connectivity index is 2.63. The summed E-state index contributed by atoms with van der Waals surface area (Å²) < 4.78 is 0. The van der Waals surface area contributed by atoms with Crippen LogP contribution in [0.5, 0.6) is 0 Å². The van der Waals surface area contributed by atoms with Gasteiger partial charge in [-0.05, 0) is 38.0 Å². The SMILES string of the molecule is CCCCCNC(=NCc1cccc(C(=O)NCC)c1)NCC. The highest BCUT2D eigenvalue weighted by Gasteiger charge is 2.04. The number of amides is 1. The van der Waals surface area contributed by atoms with Crippen molar-refractivity contribution in [2.45, 2.75) is 46.6 Å². The molecule has 3 N–H and O–H groups in total. The molecule has 5 nitrogen and oxygen atoms in total. The standard InChI is InChI=1S/C18H30N4O/c1-4-7-8-12-21-18(20-6-3)22-14-15-10-9-11-16(13-15)17(23)19-5-2/h9-11,13H,4-8,12,14H2,1-3H3,(H,19,23)(H2,20,21,22). The lowest BCUT2D eigenvalue weighted by molar-refractivity contribution is 0.0955. The van der Waals surface area contributed by atoms with Gasteiger partial charge in [-0.15, -0.1) is 0 Å². The van der Waals surface area contributed by atoms with Gasteiger partial charge < -0.3 is 16.0 Å². The number of hydrogen-bond acceptors (Lipinski definition) is 2. The van der Waals surface area contributed by atoms with Gasteiger partial charge in [0.15, 0.2) is 5.96 Å². The van der Waals surface area contributed by atoms with Gasteiger partial charge >= 0.3 is 0 Å². The second-order valence-electron chi connectivity index (χ2n) is 5.39. The minimum atomic E-state index is -0.0390. The third-order valence-corrected chi connectivity index (χ3v) is 3.36. The summed E-state index contributed by atoms with van der Waals surface area (Å²) in [6, 6.07) is 7.62. The van der Waals surface area contributed by atoms with E-state index in [2.05, 4.69) is 34.8 Å². The van der Waals surface area contributed by atoms with Crippen molar-refractivity contribution in [3.8, 4) is 0 Å². The second kappa shape index (κ2) is 11.5. The van der Waals surface area contributed by atoms with Crippen LogP contribution in [0.3, 0.4) is 0 Å². The summed E-state index contributed by atoms with van der Waals surface area (Å²) in [5.41, 5.74) is 1.71. The molecule has 1 aromatic rings. The number of aliphatic imine (C=N–C) groups is 1. The van der Waals surface area contributed by atoms with Crippen LogP contribution in [0.25, 0.3) is 0 Å². The van der Waals surface area contributed by atoms with E-state index in [0.717, 1.165) is 31.0 Å². The Morgan fingerprint density at radius 1 is 1.04 bits per heavy atom. The Morgan fingerprint density at radius 2 is 1.83 bits per heavy atom. The predicted octanol–water partition coefficient (Wildman–Crippen LogP) is 2.68. The zero-order chi connectivity index (χ0) is 16.9. The number of nitrogens with one attached hydrogen (secondary N) is 3. The Bertz CT molecular complexity index is 500. The molecule has 0 saturated heterocycles. The molecular weight excluding hydrogens is 288 g/mol. The monoisotopic (exact) mass is 318 g/mol. The van der Waals surface area contributed by atoms with Gasteiger partial charge in [0, 0.05) is 25.2 Å².